The van der Waals surface area contributed by atoms with E-state index in [1.165, 1.54) is 0 Å². The molecule has 2 rings (SSSR count). The highest BCUT2D eigenvalue weighted by molar-refractivity contribution is 9.11. The molecule has 0 saturated heterocycles. The van der Waals surface area contributed by atoms with Crippen LogP contribution in [0.15, 0.2) is 22.0 Å². The van der Waals surface area contributed by atoms with Crippen LogP contribution >= 0.6 is 27.3 Å². The van der Waals surface area contributed by atoms with Crippen LogP contribution in [0, 0.1) is 13.8 Å². The minimum atomic E-state index is 0.0925. The van der Waals surface area contributed by atoms with Gasteiger partial charge in [0.2, 0.25) is 0 Å². The Morgan fingerprint density at radius 1 is 1.35 bits per heavy atom. The molecule has 17 heavy (non-hydrogen) atoms. The van der Waals surface area contributed by atoms with Crippen LogP contribution in [-0.4, -0.2) is 16.0 Å². The zero-order valence-corrected chi connectivity index (χ0v) is 11.9. The minimum Gasteiger partial charge on any atom is -0.294 e. The average molecular weight is 311 g/mol. The fraction of sp³-hybridized carbons (Fsp3) is 0.250. The summed E-state index contributed by atoms with van der Waals surface area (Å²) in [7, 11) is 0. The number of ketones is 1. The number of hydrogen-bond acceptors (Lipinski definition) is 4. The van der Waals surface area contributed by atoms with E-state index in [1.54, 1.807) is 17.4 Å². The van der Waals surface area contributed by atoms with Crippen molar-refractivity contribution in [2.24, 2.45) is 0 Å². The topological polar surface area (TPSA) is 42.9 Å². The van der Waals surface area contributed by atoms with E-state index < -0.39 is 0 Å². The van der Waals surface area contributed by atoms with Crippen molar-refractivity contribution in [2.45, 2.75) is 20.3 Å². The molecule has 0 saturated carbocycles. The summed E-state index contributed by atoms with van der Waals surface area (Å²) in [5.74, 6) is 0.0925. The minimum absolute atomic E-state index is 0.0925. The van der Waals surface area contributed by atoms with Gasteiger partial charge >= 0.3 is 0 Å². The molecule has 0 aliphatic heterocycles. The molecule has 0 amide bonds. The van der Waals surface area contributed by atoms with Crippen LogP contribution < -0.4 is 0 Å². The van der Waals surface area contributed by atoms with Gasteiger partial charge in [0.05, 0.1) is 15.2 Å². The van der Waals surface area contributed by atoms with E-state index in [2.05, 4.69) is 26.1 Å². The Bertz CT molecular complexity index is 565. The van der Waals surface area contributed by atoms with E-state index in [-0.39, 0.29) is 5.78 Å². The summed E-state index contributed by atoms with van der Waals surface area (Å²) in [5.41, 5.74) is 2.13. The molecule has 2 aromatic heterocycles. The maximum atomic E-state index is 12.1. The number of carbonyl (C=O) groups is 1. The van der Waals surface area contributed by atoms with Crippen molar-refractivity contribution in [1.82, 2.24) is 10.2 Å². The van der Waals surface area contributed by atoms with Gasteiger partial charge in [0, 0.05) is 16.9 Å². The molecule has 2 heterocycles. The smallest absolute Gasteiger partial charge is 0.170 e. The lowest BCUT2D eigenvalue weighted by atomic mass is 10.1. The average Bonchev–Trinajstić information content (AvgIpc) is 2.67. The number of aromatic nitrogens is 2. The lowest BCUT2D eigenvalue weighted by Gasteiger charge is -2.03. The van der Waals surface area contributed by atoms with Gasteiger partial charge in [0.25, 0.3) is 0 Å². The standard InChI is InChI=1S/C12H11BrN2OS/c1-7-5-10(8(2)15-14-7)11(16)6-9-3-4-12(13)17-9/h3-5H,6H2,1-2H3. The van der Waals surface area contributed by atoms with Crippen molar-refractivity contribution in [3.8, 4) is 0 Å². The molecular weight excluding hydrogens is 300 g/mol. The highest BCUT2D eigenvalue weighted by Crippen LogP contribution is 2.23. The fourth-order valence-corrected chi connectivity index (χ4v) is 3.01. The molecular formula is C12H11BrN2OS. The second kappa shape index (κ2) is 5.06. The van der Waals surface area contributed by atoms with Gasteiger partial charge in [-0.25, -0.2) is 0 Å². The molecule has 0 bridgehead atoms. The van der Waals surface area contributed by atoms with E-state index in [0.717, 1.165) is 14.4 Å². The number of Topliss-reactive ketones (excluding diaryl/α,β-unsaturated/α-hetero) is 1. The zero-order valence-electron chi connectivity index (χ0n) is 9.53. The molecule has 0 aromatic carbocycles. The number of thiophene rings is 1. The van der Waals surface area contributed by atoms with Gasteiger partial charge in [-0.05, 0) is 48.0 Å². The Labute approximate surface area is 112 Å². The summed E-state index contributed by atoms with van der Waals surface area (Å²) in [5, 5.41) is 7.90. The van der Waals surface area contributed by atoms with Crippen LogP contribution in [0.5, 0.6) is 0 Å². The van der Waals surface area contributed by atoms with E-state index in [9.17, 15) is 4.79 Å². The van der Waals surface area contributed by atoms with Gasteiger partial charge in [-0.2, -0.15) is 10.2 Å². The first-order valence-corrected chi connectivity index (χ1v) is 6.75. The van der Waals surface area contributed by atoms with Crippen LogP contribution in [-0.2, 0) is 6.42 Å². The molecule has 5 heteroatoms. The summed E-state index contributed by atoms with van der Waals surface area (Å²) in [6.45, 7) is 3.65. The predicted octanol–water partition coefficient (Wildman–Crippen LogP) is 3.34. The van der Waals surface area contributed by atoms with E-state index in [0.29, 0.717) is 17.7 Å². The zero-order chi connectivity index (χ0) is 12.4. The van der Waals surface area contributed by atoms with Crippen LogP contribution in [0.1, 0.15) is 26.6 Å². The Morgan fingerprint density at radius 2 is 2.12 bits per heavy atom. The molecule has 88 valence electrons. The third-order valence-corrected chi connectivity index (χ3v) is 3.99. The summed E-state index contributed by atoms with van der Waals surface area (Å²) < 4.78 is 1.04. The normalized spacial score (nSPS) is 10.5. The fourth-order valence-electron chi connectivity index (χ4n) is 1.53. The van der Waals surface area contributed by atoms with Gasteiger partial charge in [0.1, 0.15) is 0 Å². The second-order valence-corrected chi connectivity index (χ2v) is 6.34. The number of hydrogen-bond donors (Lipinski definition) is 0. The highest BCUT2D eigenvalue weighted by Gasteiger charge is 2.12. The van der Waals surface area contributed by atoms with Gasteiger partial charge in [-0.3, -0.25) is 4.79 Å². The number of rotatable bonds is 3. The summed E-state index contributed by atoms with van der Waals surface area (Å²) in [6.07, 6.45) is 0.419. The molecule has 0 atom stereocenters. The molecule has 0 fully saturated rings. The van der Waals surface area contributed by atoms with E-state index >= 15 is 0 Å². The molecule has 0 unspecified atom stereocenters. The first-order valence-electron chi connectivity index (χ1n) is 5.14. The number of halogens is 1. The Hall–Kier alpha value is -1.07. The van der Waals surface area contributed by atoms with Gasteiger partial charge < -0.3 is 0 Å². The van der Waals surface area contributed by atoms with E-state index in [4.69, 9.17) is 0 Å². The maximum Gasteiger partial charge on any atom is 0.170 e. The first kappa shape index (κ1) is 12.4. The summed E-state index contributed by atoms with van der Waals surface area (Å²) in [6, 6.07) is 5.72. The molecule has 0 N–H and O–H groups in total. The van der Waals surface area contributed by atoms with Crippen molar-refractivity contribution >= 4 is 33.0 Å². The Morgan fingerprint density at radius 3 is 2.76 bits per heavy atom. The lowest BCUT2D eigenvalue weighted by Crippen LogP contribution is -2.07. The monoisotopic (exact) mass is 310 g/mol. The molecule has 2 aromatic rings. The van der Waals surface area contributed by atoms with E-state index in [1.807, 2.05) is 26.0 Å². The van der Waals surface area contributed by atoms with Crippen LogP contribution in [0.3, 0.4) is 0 Å². The molecule has 0 spiro atoms. The number of carbonyl (C=O) groups excluding carboxylic acids is 1. The summed E-state index contributed by atoms with van der Waals surface area (Å²) >= 11 is 4.97. The molecule has 0 aliphatic rings. The van der Waals surface area contributed by atoms with Crippen LogP contribution in [0.2, 0.25) is 0 Å². The van der Waals surface area contributed by atoms with Crippen molar-refractivity contribution in [1.29, 1.82) is 0 Å². The second-order valence-electron chi connectivity index (χ2n) is 3.79. The predicted molar refractivity (Wildman–Crippen MR) is 71.6 cm³/mol. The number of aryl methyl sites for hydroxylation is 2. The third kappa shape index (κ3) is 2.98. The maximum absolute atomic E-state index is 12.1. The summed E-state index contributed by atoms with van der Waals surface area (Å²) in [4.78, 5) is 13.2. The van der Waals surface area contributed by atoms with Crippen LogP contribution in [0.25, 0.3) is 0 Å². The van der Waals surface area contributed by atoms with Gasteiger partial charge in [-0.15, -0.1) is 11.3 Å². The van der Waals surface area contributed by atoms with Crippen molar-refractivity contribution < 1.29 is 4.79 Å². The van der Waals surface area contributed by atoms with Crippen molar-refractivity contribution in [3.63, 3.8) is 0 Å². The van der Waals surface area contributed by atoms with Gasteiger partial charge in [-0.1, -0.05) is 0 Å². The first-order chi connectivity index (χ1) is 8.06. The van der Waals surface area contributed by atoms with Crippen LogP contribution in [0.4, 0.5) is 0 Å². The highest BCUT2D eigenvalue weighted by atomic mass is 79.9. The SMILES string of the molecule is Cc1cc(C(=O)Cc2ccc(Br)s2)c(C)nn1. The molecule has 0 aliphatic carbocycles. The third-order valence-electron chi connectivity index (χ3n) is 2.36. The molecule has 0 radical (unpaired) electrons. The Kier molecular flexibility index (Phi) is 3.69. The largest absolute Gasteiger partial charge is 0.294 e. The lowest BCUT2D eigenvalue weighted by molar-refractivity contribution is 0.0992. The van der Waals surface area contributed by atoms with Gasteiger partial charge in [0.15, 0.2) is 5.78 Å². The molecule has 3 nitrogen and oxygen atoms in total. The Balaban J connectivity index is 2.22. The number of nitrogens with zero attached hydrogens (tertiary/aromatic N) is 2. The quantitative estimate of drug-likeness (QED) is 0.817. The van der Waals surface area contributed by atoms with Crippen molar-refractivity contribution in [3.05, 3.63) is 43.8 Å². The van der Waals surface area contributed by atoms with Crippen molar-refractivity contribution in [2.75, 3.05) is 0 Å².